The smallest absolute Gasteiger partial charge is 0.326 e. The van der Waals surface area contributed by atoms with Crippen molar-refractivity contribution < 1.29 is 19.1 Å². The number of nitrogens with one attached hydrogen (secondary N) is 1. The first-order valence-corrected chi connectivity index (χ1v) is 10.1. The maximum Gasteiger partial charge on any atom is 0.326 e. The van der Waals surface area contributed by atoms with E-state index in [1.807, 2.05) is 30.4 Å². The van der Waals surface area contributed by atoms with E-state index < -0.39 is 24.0 Å². The second-order valence-corrected chi connectivity index (χ2v) is 7.50. The maximum absolute atomic E-state index is 11.7. The van der Waals surface area contributed by atoms with E-state index in [1.165, 1.54) is 18.7 Å². The lowest BCUT2D eigenvalue weighted by molar-refractivity contribution is -0.141. The molecule has 2 aromatic heterocycles. The minimum Gasteiger partial charge on any atom is -0.480 e. The molecule has 2 atom stereocenters. The van der Waals surface area contributed by atoms with Crippen LogP contribution < -0.4 is 11.1 Å². The molecule has 2 aromatic rings. The second-order valence-electron chi connectivity index (χ2n) is 6.57. The molecule has 0 fully saturated rings. The highest BCUT2D eigenvalue weighted by Crippen LogP contribution is 2.27. The van der Waals surface area contributed by atoms with Gasteiger partial charge in [-0.15, -0.1) is 0 Å². The van der Waals surface area contributed by atoms with Crippen LogP contribution in [0.25, 0.3) is 12.2 Å². The quantitative estimate of drug-likeness (QED) is 0.561. The molecular weight excluding hydrogens is 392 g/mol. The number of rotatable bonds is 8. The number of carboxylic acid groups (broad SMARTS) is 1. The lowest BCUT2D eigenvalue weighted by atomic mass is 10.1. The van der Waals surface area contributed by atoms with E-state index in [0.717, 1.165) is 23.6 Å². The molecule has 0 bridgehead atoms. The van der Waals surface area contributed by atoms with Crippen LogP contribution in [-0.4, -0.2) is 39.0 Å². The number of amides is 1. The van der Waals surface area contributed by atoms with E-state index in [4.69, 9.17) is 10.2 Å². The van der Waals surface area contributed by atoms with Gasteiger partial charge >= 0.3 is 5.97 Å². The van der Waals surface area contributed by atoms with Crippen LogP contribution in [0.2, 0.25) is 0 Å². The number of fused-ring (bicyclic) bond motifs is 1. The molecule has 0 radical (unpaired) electrons. The molecule has 0 aliphatic heterocycles. The third-order valence-corrected chi connectivity index (χ3v) is 4.99. The van der Waals surface area contributed by atoms with Crippen LogP contribution in [0.1, 0.15) is 36.2 Å². The molecule has 3 rings (SSSR count). The highest BCUT2D eigenvalue weighted by molar-refractivity contribution is 7.98. The molecule has 0 spiro atoms. The van der Waals surface area contributed by atoms with Crippen molar-refractivity contribution in [2.24, 2.45) is 5.73 Å². The Kier molecular flexibility index (Phi) is 6.84. The third-order valence-electron chi connectivity index (χ3n) is 4.13. The van der Waals surface area contributed by atoms with Gasteiger partial charge in [0.1, 0.15) is 11.7 Å². The van der Waals surface area contributed by atoms with E-state index in [1.54, 1.807) is 12.1 Å². The number of allylic oxidation sites excluding steroid dienone is 2. The van der Waals surface area contributed by atoms with Gasteiger partial charge in [0, 0.05) is 17.9 Å². The van der Waals surface area contributed by atoms with Crippen LogP contribution in [-0.2, 0) is 21.8 Å². The van der Waals surface area contributed by atoms with Gasteiger partial charge in [-0.3, -0.25) is 9.78 Å². The SMILES string of the molecule is CC(N)C(=O)NC(Cc1cccc(CSc2nc3c(o2)C=CCC=C3)n1)C(=O)O. The van der Waals surface area contributed by atoms with E-state index in [9.17, 15) is 14.7 Å². The van der Waals surface area contributed by atoms with Gasteiger partial charge in [-0.1, -0.05) is 30.0 Å². The second kappa shape index (κ2) is 9.53. The van der Waals surface area contributed by atoms with Crippen molar-refractivity contribution in [1.82, 2.24) is 15.3 Å². The number of carbonyl (C=O) groups is 2. The summed E-state index contributed by atoms with van der Waals surface area (Å²) >= 11 is 1.41. The van der Waals surface area contributed by atoms with Crippen molar-refractivity contribution in [1.29, 1.82) is 0 Å². The molecule has 0 saturated heterocycles. The summed E-state index contributed by atoms with van der Waals surface area (Å²) in [5.41, 5.74) is 7.62. The van der Waals surface area contributed by atoms with Crippen molar-refractivity contribution in [3.05, 3.63) is 53.2 Å². The van der Waals surface area contributed by atoms with Gasteiger partial charge in [0.05, 0.1) is 11.7 Å². The largest absolute Gasteiger partial charge is 0.480 e. The number of carboxylic acids is 1. The lowest BCUT2D eigenvalue weighted by Crippen LogP contribution is -2.48. The van der Waals surface area contributed by atoms with Gasteiger partial charge in [0.15, 0.2) is 5.76 Å². The molecular formula is C20H22N4O4S. The van der Waals surface area contributed by atoms with E-state index in [0.29, 0.717) is 16.7 Å². The number of thioether (sulfide) groups is 1. The number of nitrogens with two attached hydrogens (primary N) is 1. The third kappa shape index (κ3) is 5.78. The van der Waals surface area contributed by atoms with Crippen LogP contribution >= 0.6 is 11.8 Å². The van der Waals surface area contributed by atoms with Crippen molar-refractivity contribution in [2.45, 2.75) is 42.8 Å². The Bertz CT molecular complexity index is 922. The van der Waals surface area contributed by atoms with Gasteiger partial charge in [-0.25, -0.2) is 9.78 Å². The Hall–Kier alpha value is -2.91. The highest BCUT2D eigenvalue weighted by Gasteiger charge is 2.22. The van der Waals surface area contributed by atoms with Crippen molar-refractivity contribution in [3.63, 3.8) is 0 Å². The fourth-order valence-corrected chi connectivity index (χ4v) is 3.37. The first kappa shape index (κ1) is 20.8. The zero-order valence-electron chi connectivity index (χ0n) is 15.9. The van der Waals surface area contributed by atoms with Gasteiger partial charge in [0.25, 0.3) is 5.22 Å². The predicted molar refractivity (Wildman–Crippen MR) is 110 cm³/mol. The molecule has 1 aliphatic carbocycles. The molecule has 2 heterocycles. The summed E-state index contributed by atoms with van der Waals surface area (Å²) in [6.07, 6.45) is 8.80. The highest BCUT2D eigenvalue weighted by atomic mass is 32.2. The van der Waals surface area contributed by atoms with Crippen molar-refractivity contribution >= 4 is 35.8 Å². The summed E-state index contributed by atoms with van der Waals surface area (Å²) in [6, 6.07) is 3.50. The first-order chi connectivity index (χ1) is 13.9. The van der Waals surface area contributed by atoms with Crippen LogP contribution in [0, 0.1) is 0 Å². The molecule has 152 valence electrons. The minimum atomic E-state index is -1.14. The molecule has 0 aromatic carbocycles. The first-order valence-electron chi connectivity index (χ1n) is 9.12. The Morgan fingerprint density at radius 2 is 2.03 bits per heavy atom. The zero-order valence-corrected chi connectivity index (χ0v) is 16.7. The van der Waals surface area contributed by atoms with Gasteiger partial charge in [0.2, 0.25) is 5.91 Å². The van der Waals surface area contributed by atoms with Crippen LogP contribution in [0.3, 0.4) is 0 Å². The lowest BCUT2D eigenvalue weighted by Gasteiger charge is -2.16. The van der Waals surface area contributed by atoms with Gasteiger partial charge in [-0.2, -0.15) is 0 Å². The van der Waals surface area contributed by atoms with Crippen molar-refractivity contribution in [3.8, 4) is 0 Å². The summed E-state index contributed by atoms with van der Waals surface area (Å²) < 4.78 is 5.75. The Morgan fingerprint density at radius 1 is 1.28 bits per heavy atom. The minimum absolute atomic E-state index is 0.0647. The molecule has 1 amide bonds. The fraction of sp³-hybridized carbons (Fsp3) is 0.300. The number of aromatic nitrogens is 2. The average Bonchev–Trinajstić information content (AvgIpc) is 2.95. The molecule has 9 heteroatoms. The van der Waals surface area contributed by atoms with E-state index in [2.05, 4.69) is 15.3 Å². The van der Waals surface area contributed by atoms with Crippen molar-refractivity contribution in [2.75, 3.05) is 0 Å². The summed E-state index contributed by atoms with van der Waals surface area (Å²) in [5.74, 6) is -0.402. The predicted octanol–water partition coefficient (Wildman–Crippen LogP) is 2.25. The number of nitrogens with zero attached hydrogens (tertiary/aromatic N) is 2. The Morgan fingerprint density at radius 3 is 2.79 bits per heavy atom. The molecule has 2 unspecified atom stereocenters. The van der Waals surface area contributed by atoms with E-state index in [-0.39, 0.29) is 6.42 Å². The molecule has 1 aliphatic rings. The number of hydrogen-bond donors (Lipinski definition) is 3. The zero-order chi connectivity index (χ0) is 20.8. The topological polar surface area (TPSA) is 131 Å². The number of aliphatic carboxylic acids is 1. The normalized spacial score (nSPS) is 14.7. The Labute approximate surface area is 172 Å². The standard InChI is InChI=1S/C20H22N4O4S/c1-12(21)18(25)23-16(19(26)27)10-13-6-5-7-14(22-13)11-29-20-24-15-8-3-2-4-9-17(15)28-20/h3-9,12,16H,2,10-11,21H2,1H3,(H,23,25)(H,26,27). The Balaban J connectivity index is 1.64. The maximum atomic E-state index is 11.7. The van der Waals surface area contributed by atoms with E-state index >= 15 is 0 Å². The van der Waals surface area contributed by atoms with Gasteiger partial charge < -0.3 is 20.6 Å². The van der Waals surface area contributed by atoms with Crippen LogP contribution in [0.15, 0.2) is 40.0 Å². The number of pyridine rings is 1. The fourth-order valence-electron chi connectivity index (χ4n) is 2.63. The van der Waals surface area contributed by atoms with Crippen LogP contribution in [0.5, 0.6) is 0 Å². The number of oxazole rings is 1. The summed E-state index contributed by atoms with van der Waals surface area (Å²) in [4.78, 5) is 32.1. The summed E-state index contributed by atoms with van der Waals surface area (Å²) in [7, 11) is 0. The summed E-state index contributed by atoms with van der Waals surface area (Å²) in [5, 5.41) is 12.3. The molecule has 29 heavy (non-hydrogen) atoms. The molecule has 8 nitrogen and oxygen atoms in total. The number of carbonyl (C=O) groups excluding carboxylic acids is 1. The van der Waals surface area contributed by atoms with Crippen LogP contribution in [0.4, 0.5) is 0 Å². The summed E-state index contributed by atoms with van der Waals surface area (Å²) in [6.45, 7) is 1.50. The number of hydrogen-bond acceptors (Lipinski definition) is 7. The molecule has 0 saturated carbocycles. The van der Waals surface area contributed by atoms with Gasteiger partial charge in [-0.05, 0) is 37.6 Å². The monoisotopic (exact) mass is 414 g/mol. The average molecular weight is 414 g/mol. The molecule has 4 N–H and O–H groups in total.